The van der Waals surface area contributed by atoms with Gasteiger partial charge in [0.25, 0.3) is 5.56 Å². The van der Waals surface area contributed by atoms with Crippen molar-refractivity contribution in [2.75, 3.05) is 5.32 Å². The summed E-state index contributed by atoms with van der Waals surface area (Å²) >= 11 is 4.55. The monoisotopic (exact) mass is 367 g/mol. The normalized spacial score (nSPS) is 12.0. The average Bonchev–Trinajstić information content (AvgIpc) is 2.40. The van der Waals surface area contributed by atoms with Crippen LogP contribution in [0.1, 0.15) is 12.6 Å². The summed E-state index contributed by atoms with van der Waals surface area (Å²) in [6, 6.07) is 8.75. The molecule has 1 amide bonds. The van der Waals surface area contributed by atoms with Gasteiger partial charge in [0.05, 0.1) is 5.25 Å². The molecule has 0 spiro atoms. The van der Waals surface area contributed by atoms with Crippen molar-refractivity contribution in [3.05, 3.63) is 50.9 Å². The summed E-state index contributed by atoms with van der Waals surface area (Å²) in [5.74, 6) is -0.147. The minimum atomic E-state index is -0.376. The molecule has 2 N–H and O–H groups in total. The first kappa shape index (κ1) is 15.8. The van der Waals surface area contributed by atoms with Gasteiger partial charge in [-0.2, -0.15) is 0 Å². The molecule has 2 aromatic rings. The molecule has 0 aliphatic carbocycles. The molecule has 1 aromatic heterocycles. The molecular formula is C14H14BrN3O2S. The first-order valence-corrected chi connectivity index (χ1v) is 7.92. The zero-order valence-electron chi connectivity index (χ0n) is 11.5. The van der Waals surface area contributed by atoms with Gasteiger partial charge in [0.15, 0.2) is 5.16 Å². The molecule has 0 aliphatic rings. The number of H-pyrrole nitrogens is 1. The fourth-order valence-electron chi connectivity index (χ4n) is 1.61. The number of carbonyl (C=O) groups excluding carboxylic acids is 1. The van der Waals surface area contributed by atoms with E-state index in [-0.39, 0.29) is 16.7 Å². The predicted molar refractivity (Wildman–Crippen MR) is 87.7 cm³/mol. The Labute approximate surface area is 134 Å². The van der Waals surface area contributed by atoms with Crippen molar-refractivity contribution in [3.8, 4) is 0 Å². The quantitative estimate of drug-likeness (QED) is 0.643. The molecule has 110 valence electrons. The Kier molecular flexibility index (Phi) is 5.19. The lowest BCUT2D eigenvalue weighted by atomic mass is 10.3. The van der Waals surface area contributed by atoms with Crippen molar-refractivity contribution in [2.45, 2.75) is 24.3 Å². The number of amides is 1. The SMILES string of the molecule is Cc1cc(=O)[nH]c(S[C@@H](C)C(=O)Nc2ccc(Br)cc2)n1. The molecule has 0 bridgehead atoms. The van der Waals surface area contributed by atoms with Crippen LogP contribution in [0.5, 0.6) is 0 Å². The molecule has 7 heteroatoms. The molecule has 0 unspecified atom stereocenters. The van der Waals surface area contributed by atoms with Gasteiger partial charge in [-0.3, -0.25) is 9.59 Å². The van der Waals surface area contributed by atoms with Crippen molar-refractivity contribution < 1.29 is 4.79 Å². The Balaban J connectivity index is 2.02. The molecule has 5 nitrogen and oxygen atoms in total. The molecule has 21 heavy (non-hydrogen) atoms. The molecule has 1 aromatic carbocycles. The molecule has 0 radical (unpaired) electrons. The van der Waals surface area contributed by atoms with Crippen LogP contribution < -0.4 is 10.9 Å². The zero-order valence-corrected chi connectivity index (χ0v) is 13.9. The maximum atomic E-state index is 12.1. The number of aromatic amines is 1. The Morgan fingerprint density at radius 1 is 1.38 bits per heavy atom. The van der Waals surface area contributed by atoms with Gasteiger partial charge in [-0.25, -0.2) is 4.98 Å². The van der Waals surface area contributed by atoms with Gasteiger partial charge in [0.1, 0.15) is 0 Å². The molecule has 0 fully saturated rings. The number of benzene rings is 1. The van der Waals surface area contributed by atoms with Crippen LogP contribution in [-0.2, 0) is 4.79 Å². The van der Waals surface area contributed by atoms with Gasteiger partial charge in [0, 0.05) is 21.9 Å². The van der Waals surface area contributed by atoms with Crippen LogP contribution >= 0.6 is 27.7 Å². The van der Waals surface area contributed by atoms with Crippen molar-refractivity contribution in [1.29, 1.82) is 0 Å². The Morgan fingerprint density at radius 3 is 2.67 bits per heavy atom. The van der Waals surface area contributed by atoms with E-state index in [9.17, 15) is 9.59 Å². The highest BCUT2D eigenvalue weighted by Gasteiger charge is 2.16. The van der Waals surface area contributed by atoms with Crippen LogP contribution in [0, 0.1) is 6.92 Å². The maximum absolute atomic E-state index is 12.1. The second-order valence-electron chi connectivity index (χ2n) is 4.45. The summed E-state index contributed by atoms with van der Waals surface area (Å²) < 4.78 is 0.949. The molecule has 0 saturated heterocycles. The topological polar surface area (TPSA) is 74.8 Å². The Morgan fingerprint density at radius 2 is 2.05 bits per heavy atom. The summed E-state index contributed by atoms with van der Waals surface area (Å²) in [7, 11) is 0. The number of nitrogens with zero attached hydrogens (tertiary/aromatic N) is 1. The fraction of sp³-hybridized carbons (Fsp3) is 0.214. The van der Waals surface area contributed by atoms with Crippen LogP contribution in [-0.4, -0.2) is 21.1 Å². The predicted octanol–water partition coefficient (Wildman–Crippen LogP) is 2.96. The van der Waals surface area contributed by atoms with E-state index in [1.165, 1.54) is 17.8 Å². The second-order valence-corrected chi connectivity index (χ2v) is 6.69. The second kappa shape index (κ2) is 6.91. The fourth-order valence-corrected chi connectivity index (χ4v) is 2.73. The molecule has 2 rings (SSSR count). The largest absolute Gasteiger partial charge is 0.325 e. The third-order valence-electron chi connectivity index (χ3n) is 2.62. The van der Waals surface area contributed by atoms with Crippen molar-refractivity contribution in [2.24, 2.45) is 0 Å². The smallest absolute Gasteiger partial charge is 0.251 e. The molecular weight excluding hydrogens is 354 g/mol. The number of aryl methyl sites for hydroxylation is 1. The van der Waals surface area contributed by atoms with Crippen molar-refractivity contribution in [1.82, 2.24) is 9.97 Å². The van der Waals surface area contributed by atoms with E-state index in [0.29, 0.717) is 10.9 Å². The van der Waals surface area contributed by atoms with Gasteiger partial charge >= 0.3 is 0 Å². The number of thioether (sulfide) groups is 1. The highest BCUT2D eigenvalue weighted by Crippen LogP contribution is 2.20. The zero-order chi connectivity index (χ0) is 15.4. The summed E-state index contributed by atoms with van der Waals surface area (Å²) in [6.45, 7) is 3.51. The van der Waals surface area contributed by atoms with E-state index in [0.717, 1.165) is 10.2 Å². The third-order valence-corrected chi connectivity index (χ3v) is 4.13. The molecule has 0 saturated carbocycles. The standard InChI is InChI=1S/C14H14BrN3O2S/c1-8-7-12(19)18-14(16-8)21-9(2)13(20)17-11-5-3-10(15)4-6-11/h3-7,9H,1-2H3,(H,17,20)(H,16,18,19)/t9-/m0/s1. The Bertz CT molecular complexity index is 700. The average molecular weight is 368 g/mol. The van der Waals surface area contributed by atoms with Crippen molar-refractivity contribution in [3.63, 3.8) is 0 Å². The van der Waals surface area contributed by atoms with Crippen LogP contribution in [0.15, 0.2) is 44.8 Å². The number of hydrogen-bond acceptors (Lipinski definition) is 4. The van der Waals surface area contributed by atoms with Crippen LogP contribution in [0.2, 0.25) is 0 Å². The van der Waals surface area contributed by atoms with E-state index in [2.05, 4.69) is 31.2 Å². The van der Waals surface area contributed by atoms with E-state index in [1.807, 2.05) is 24.3 Å². The first-order chi connectivity index (χ1) is 9.94. The Hall–Kier alpha value is -1.60. The number of nitrogens with one attached hydrogen (secondary N) is 2. The summed E-state index contributed by atoms with van der Waals surface area (Å²) in [5, 5.41) is 2.88. The lowest BCUT2D eigenvalue weighted by Gasteiger charge is -2.11. The number of carbonyl (C=O) groups is 1. The minimum Gasteiger partial charge on any atom is -0.325 e. The lowest BCUT2D eigenvalue weighted by Crippen LogP contribution is -2.23. The summed E-state index contributed by atoms with van der Waals surface area (Å²) in [4.78, 5) is 30.3. The van der Waals surface area contributed by atoms with E-state index in [4.69, 9.17) is 0 Å². The number of rotatable bonds is 4. The number of halogens is 1. The minimum absolute atomic E-state index is 0.147. The number of anilines is 1. The van der Waals surface area contributed by atoms with Crippen molar-refractivity contribution >= 4 is 39.3 Å². The lowest BCUT2D eigenvalue weighted by molar-refractivity contribution is -0.115. The van der Waals surface area contributed by atoms with Crippen LogP contribution in [0.25, 0.3) is 0 Å². The van der Waals surface area contributed by atoms with Gasteiger partial charge < -0.3 is 10.3 Å². The van der Waals surface area contributed by atoms with E-state index < -0.39 is 0 Å². The van der Waals surface area contributed by atoms with Gasteiger partial charge in [-0.1, -0.05) is 27.7 Å². The van der Waals surface area contributed by atoms with Crippen LogP contribution in [0.3, 0.4) is 0 Å². The third kappa shape index (κ3) is 4.71. The van der Waals surface area contributed by atoms with Gasteiger partial charge in [0.2, 0.25) is 5.91 Å². The highest BCUT2D eigenvalue weighted by atomic mass is 79.9. The van der Waals surface area contributed by atoms with Crippen LogP contribution in [0.4, 0.5) is 5.69 Å². The highest BCUT2D eigenvalue weighted by molar-refractivity contribution is 9.10. The summed E-state index contributed by atoms with van der Waals surface area (Å²) in [5.41, 5.74) is 1.13. The number of aromatic nitrogens is 2. The molecule has 0 aliphatic heterocycles. The van der Waals surface area contributed by atoms with Gasteiger partial charge in [-0.05, 0) is 38.1 Å². The van der Waals surface area contributed by atoms with E-state index in [1.54, 1.807) is 13.8 Å². The summed E-state index contributed by atoms with van der Waals surface area (Å²) in [6.07, 6.45) is 0. The number of hydrogen-bond donors (Lipinski definition) is 2. The molecule has 1 heterocycles. The van der Waals surface area contributed by atoms with E-state index >= 15 is 0 Å². The first-order valence-electron chi connectivity index (χ1n) is 6.25. The van der Waals surface area contributed by atoms with Gasteiger partial charge in [-0.15, -0.1) is 0 Å². The molecule has 1 atom stereocenters. The maximum Gasteiger partial charge on any atom is 0.251 e.